The molecule has 1 amide bonds. The van der Waals surface area contributed by atoms with Gasteiger partial charge in [0, 0.05) is 7.05 Å². The molecule has 0 radical (unpaired) electrons. The van der Waals surface area contributed by atoms with Crippen molar-refractivity contribution in [2.45, 2.75) is 26.3 Å². The lowest BCUT2D eigenvalue weighted by atomic mass is 10.2. The number of carbonyl (C=O) groups is 1. The molecule has 1 N–H and O–H groups in total. The van der Waals surface area contributed by atoms with E-state index in [9.17, 15) is 4.79 Å². The fraction of sp³-hybridized carbons (Fsp3) is 0.312. The average Bonchev–Trinajstić information content (AvgIpc) is 3.10. The van der Waals surface area contributed by atoms with Crippen molar-refractivity contribution < 1.29 is 9.21 Å². The number of carbonyl (C=O) groups excluding carboxylic acids is 1. The first-order valence-corrected chi connectivity index (χ1v) is 7.27. The van der Waals surface area contributed by atoms with Crippen LogP contribution >= 0.6 is 0 Å². The number of nitrogens with zero attached hydrogens (tertiary/aromatic N) is 3. The van der Waals surface area contributed by atoms with Crippen LogP contribution < -0.4 is 5.32 Å². The van der Waals surface area contributed by atoms with Crippen molar-refractivity contribution in [1.29, 1.82) is 0 Å². The first-order valence-electron chi connectivity index (χ1n) is 7.27. The van der Waals surface area contributed by atoms with Crippen molar-refractivity contribution in [2.75, 3.05) is 0 Å². The molecule has 0 spiro atoms. The molecule has 0 fully saturated rings. The summed E-state index contributed by atoms with van der Waals surface area (Å²) in [6.45, 7) is 3.85. The molecule has 0 aliphatic heterocycles. The molecule has 6 heteroatoms. The van der Waals surface area contributed by atoms with Gasteiger partial charge in [-0.2, -0.15) is 5.10 Å². The van der Waals surface area contributed by atoms with Crippen LogP contribution in [0.3, 0.4) is 0 Å². The van der Waals surface area contributed by atoms with Crippen molar-refractivity contribution in [3.8, 4) is 0 Å². The minimum absolute atomic E-state index is 0.190. The topological polar surface area (TPSA) is 73.0 Å². The van der Waals surface area contributed by atoms with E-state index in [1.165, 1.54) is 0 Å². The second-order valence-corrected chi connectivity index (χ2v) is 5.21. The van der Waals surface area contributed by atoms with E-state index in [0.717, 1.165) is 17.6 Å². The molecule has 1 aromatic carbocycles. The number of fused-ring (bicyclic) bond motifs is 1. The van der Waals surface area contributed by atoms with Gasteiger partial charge in [0.15, 0.2) is 5.58 Å². The minimum atomic E-state index is -0.320. The van der Waals surface area contributed by atoms with E-state index in [4.69, 9.17) is 4.42 Å². The maximum absolute atomic E-state index is 12.4. The number of oxazole rings is 1. The monoisotopic (exact) mass is 298 g/mol. The summed E-state index contributed by atoms with van der Waals surface area (Å²) in [5.41, 5.74) is 2.92. The normalized spacial score (nSPS) is 12.5. The highest BCUT2D eigenvalue weighted by molar-refractivity contribution is 5.92. The summed E-state index contributed by atoms with van der Waals surface area (Å²) in [6, 6.07) is 9.01. The molecule has 3 aromatic rings. The van der Waals surface area contributed by atoms with Crippen LogP contribution in [-0.4, -0.2) is 20.7 Å². The van der Waals surface area contributed by atoms with Crippen molar-refractivity contribution in [2.24, 2.45) is 7.05 Å². The Morgan fingerprint density at radius 2 is 2.18 bits per heavy atom. The van der Waals surface area contributed by atoms with E-state index in [2.05, 4.69) is 15.4 Å². The number of hydrogen-bond donors (Lipinski definition) is 1. The molecular weight excluding hydrogens is 280 g/mol. The Balaban J connectivity index is 1.79. The summed E-state index contributed by atoms with van der Waals surface area (Å²) in [7, 11) is 1.76. The van der Waals surface area contributed by atoms with E-state index in [1.807, 2.05) is 38.1 Å². The van der Waals surface area contributed by atoms with E-state index in [1.54, 1.807) is 17.8 Å². The summed E-state index contributed by atoms with van der Waals surface area (Å²) in [5.74, 6) is 0.303. The van der Waals surface area contributed by atoms with Gasteiger partial charge in [0.05, 0.1) is 5.69 Å². The molecule has 0 aliphatic carbocycles. The van der Waals surface area contributed by atoms with E-state index in [-0.39, 0.29) is 11.9 Å². The molecule has 0 saturated heterocycles. The first-order chi connectivity index (χ1) is 10.6. The van der Waals surface area contributed by atoms with Gasteiger partial charge in [0.1, 0.15) is 17.3 Å². The number of aromatic nitrogens is 3. The highest BCUT2D eigenvalue weighted by Crippen LogP contribution is 2.20. The molecule has 1 atom stereocenters. The van der Waals surface area contributed by atoms with Crippen LogP contribution in [-0.2, 0) is 13.5 Å². The van der Waals surface area contributed by atoms with Gasteiger partial charge in [0.2, 0.25) is 5.89 Å². The van der Waals surface area contributed by atoms with Gasteiger partial charge >= 0.3 is 0 Å². The number of rotatable bonds is 4. The van der Waals surface area contributed by atoms with Crippen LogP contribution in [0.25, 0.3) is 11.1 Å². The van der Waals surface area contributed by atoms with Crippen molar-refractivity contribution in [3.63, 3.8) is 0 Å². The van der Waals surface area contributed by atoms with Gasteiger partial charge in [-0.05, 0) is 31.5 Å². The largest absolute Gasteiger partial charge is 0.438 e. The van der Waals surface area contributed by atoms with Gasteiger partial charge in [-0.3, -0.25) is 9.48 Å². The fourth-order valence-corrected chi connectivity index (χ4v) is 2.32. The van der Waals surface area contributed by atoms with Gasteiger partial charge in [0.25, 0.3) is 5.91 Å². The zero-order valence-corrected chi connectivity index (χ0v) is 12.8. The molecule has 0 bridgehead atoms. The number of hydrogen-bond acceptors (Lipinski definition) is 4. The summed E-state index contributed by atoms with van der Waals surface area (Å²) in [5, 5.41) is 7.18. The molecule has 6 nitrogen and oxygen atoms in total. The number of nitrogens with one attached hydrogen (secondary N) is 1. The zero-order valence-electron chi connectivity index (χ0n) is 12.8. The Bertz CT molecular complexity index is 786. The maximum Gasteiger partial charge on any atom is 0.270 e. The van der Waals surface area contributed by atoms with Crippen LogP contribution in [0.5, 0.6) is 0 Å². The summed E-state index contributed by atoms with van der Waals surface area (Å²) >= 11 is 0. The standard InChI is InChI=1S/C16H18N4O2/c1-4-11-9-13(20(3)19-11)15(21)17-10(2)16-18-12-7-5-6-8-14(12)22-16/h5-10H,4H2,1-3H3,(H,17,21). The summed E-state index contributed by atoms with van der Waals surface area (Å²) in [6.07, 6.45) is 0.793. The molecule has 0 saturated carbocycles. The molecule has 1 unspecified atom stereocenters. The number of aryl methyl sites for hydroxylation is 2. The van der Waals surface area contributed by atoms with Crippen LogP contribution in [0.1, 0.15) is 42.0 Å². The second kappa shape index (κ2) is 5.63. The van der Waals surface area contributed by atoms with E-state index in [0.29, 0.717) is 17.2 Å². The van der Waals surface area contributed by atoms with E-state index >= 15 is 0 Å². The minimum Gasteiger partial charge on any atom is -0.438 e. The lowest BCUT2D eigenvalue weighted by Crippen LogP contribution is -2.28. The average molecular weight is 298 g/mol. The zero-order chi connectivity index (χ0) is 15.7. The Kier molecular flexibility index (Phi) is 3.66. The van der Waals surface area contributed by atoms with Crippen molar-refractivity contribution >= 4 is 17.0 Å². The summed E-state index contributed by atoms with van der Waals surface area (Å²) in [4.78, 5) is 16.8. The molecule has 114 valence electrons. The highest BCUT2D eigenvalue weighted by atomic mass is 16.3. The first kappa shape index (κ1) is 14.3. The van der Waals surface area contributed by atoms with Crippen molar-refractivity contribution in [3.05, 3.63) is 47.6 Å². The molecule has 2 heterocycles. The molecular formula is C16H18N4O2. The van der Waals surface area contributed by atoms with Crippen LogP contribution in [0.15, 0.2) is 34.7 Å². The van der Waals surface area contributed by atoms with Crippen LogP contribution in [0.2, 0.25) is 0 Å². The molecule has 2 aromatic heterocycles. The Morgan fingerprint density at radius 3 is 2.86 bits per heavy atom. The Labute approximate surface area is 128 Å². The predicted molar refractivity (Wildman–Crippen MR) is 82.5 cm³/mol. The molecule has 0 aliphatic rings. The number of amides is 1. The predicted octanol–water partition coefficient (Wildman–Crippen LogP) is 2.61. The van der Waals surface area contributed by atoms with Crippen molar-refractivity contribution in [1.82, 2.24) is 20.1 Å². The second-order valence-electron chi connectivity index (χ2n) is 5.21. The lowest BCUT2D eigenvalue weighted by Gasteiger charge is -2.10. The SMILES string of the molecule is CCc1cc(C(=O)NC(C)c2nc3ccccc3o2)n(C)n1. The number of para-hydroxylation sites is 2. The third-order valence-corrected chi connectivity index (χ3v) is 3.55. The molecule has 22 heavy (non-hydrogen) atoms. The smallest absolute Gasteiger partial charge is 0.270 e. The maximum atomic E-state index is 12.4. The Morgan fingerprint density at radius 1 is 1.41 bits per heavy atom. The molecule has 3 rings (SSSR count). The lowest BCUT2D eigenvalue weighted by molar-refractivity contribution is 0.0925. The third kappa shape index (κ3) is 2.59. The van der Waals surface area contributed by atoms with Gasteiger partial charge < -0.3 is 9.73 Å². The Hall–Kier alpha value is -2.63. The van der Waals surface area contributed by atoms with Gasteiger partial charge in [-0.25, -0.2) is 4.98 Å². The highest BCUT2D eigenvalue weighted by Gasteiger charge is 2.19. The summed E-state index contributed by atoms with van der Waals surface area (Å²) < 4.78 is 7.27. The van der Waals surface area contributed by atoms with Crippen LogP contribution in [0, 0.1) is 0 Å². The van der Waals surface area contributed by atoms with Gasteiger partial charge in [-0.15, -0.1) is 0 Å². The third-order valence-electron chi connectivity index (χ3n) is 3.55. The fourth-order valence-electron chi connectivity index (χ4n) is 2.32. The van der Waals surface area contributed by atoms with Crippen LogP contribution in [0.4, 0.5) is 0 Å². The number of benzene rings is 1. The quantitative estimate of drug-likeness (QED) is 0.803. The van der Waals surface area contributed by atoms with E-state index < -0.39 is 0 Å². The van der Waals surface area contributed by atoms with Gasteiger partial charge in [-0.1, -0.05) is 19.1 Å².